The minimum atomic E-state index is -0.613. The second kappa shape index (κ2) is 7.09. The van der Waals surface area contributed by atoms with Crippen molar-refractivity contribution in [2.75, 3.05) is 0 Å². The molecule has 23 heavy (non-hydrogen) atoms. The number of rotatable bonds is 3. The fraction of sp³-hybridized carbons (Fsp3) is 0.118. The summed E-state index contributed by atoms with van der Waals surface area (Å²) >= 11 is 0. The first-order valence-electron chi connectivity index (χ1n) is 6.87. The summed E-state index contributed by atoms with van der Waals surface area (Å²) in [5.41, 5.74) is 8.03. The lowest BCUT2D eigenvalue weighted by Crippen LogP contribution is -2.36. The number of carbonyl (C=O) groups is 1. The van der Waals surface area contributed by atoms with Gasteiger partial charge in [-0.1, -0.05) is 35.9 Å². The highest BCUT2D eigenvalue weighted by Crippen LogP contribution is 2.23. The van der Waals surface area contributed by atoms with E-state index in [0.29, 0.717) is 6.54 Å². The van der Waals surface area contributed by atoms with E-state index in [4.69, 9.17) is 12.3 Å². The highest BCUT2D eigenvalue weighted by molar-refractivity contribution is 6.07. The van der Waals surface area contributed by atoms with Crippen molar-refractivity contribution in [3.63, 3.8) is 0 Å². The van der Waals surface area contributed by atoms with Crippen molar-refractivity contribution >= 4 is 17.6 Å². The Morgan fingerprint density at radius 1 is 1.30 bits per heavy atom. The van der Waals surface area contributed by atoms with Crippen LogP contribution in [0.25, 0.3) is 4.85 Å². The number of aliphatic imine (C=N–C) groups is 1. The maximum atomic E-state index is 12.1. The Morgan fingerprint density at radius 3 is 2.65 bits per heavy atom. The monoisotopic (exact) mass is 308 g/mol. The Labute approximate surface area is 134 Å². The number of phenols is 1. The van der Waals surface area contributed by atoms with Crippen LogP contribution in [-0.4, -0.2) is 17.0 Å². The van der Waals surface area contributed by atoms with Gasteiger partial charge in [-0.15, -0.1) is 0 Å². The van der Waals surface area contributed by atoms with Crippen molar-refractivity contribution in [3.05, 3.63) is 70.6 Å². The maximum Gasteiger partial charge on any atom is 0.260 e. The number of phenolic OH excluding ortho intramolecular Hbond substituents is 1. The number of carbonyl (C=O) groups excluding carboxylic acids is 1. The van der Waals surface area contributed by atoms with Crippen LogP contribution in [-0.2, 0) is 6.54 Å². The Morgan fingerprint density at radius 2 is 2.00 bits per heavy atom. The summed E-state index contributed by atoms with van der Waals surface area (Å²) < 4.78 is 0. The first-order chi connectivity index (χ1) is 11.0. The molecule has 0 aromatic heterocycles. The lowest BCUT2D eigenvalue weighted by Gasteiger charge is -2.07. The molecule has 0 aliphatic carbocycles. The molecule has 0 saturated carbocycles. The number of hydrogen-bond acceptors (Lipinski definition) is 3. The van der Waals surface area contributed by atoms with Gasteiger partial charge in [-0.2, -0.15) is 0 Å². The van der Waals surface area contributed by atoms with Crippen LogP contribution in [0.2, 0.25) is 0 Å². The van der Waals surface area contributed by atoms with Gasteiger partial charge in [-0.25, -0.2) is 9.84 Å². The average Bonchev–Trinajstić information content (AvgIpc) is 2.54. The lowest BCUT2D eigenvalue weighted by molar-refractivity contribution is 0.0974. The molecule has 2 aromatic rings. The Hall–Kier alpha value is -3.33. The summed E-state index contributed by atoms with van der Waals surface area (Å²) in [5, 5.41) is 12.1. The zero-order valence-electron chi connectivity index (χ0n) is 12.6. The normalized spacial score (nSPS) is 10.9. The standard InChI is InChI=1S/C17H16N4O2/c1-11-3-5-12(6-4-11)10-20-17(18)21-16(23)14-9-13(19-2)7-8-15(14)22/h3-9,22H,10H2,1H3,(H3,18,20,21,23). The third-order valence-electron chi connectivity index (χ3n) is 3.15. The number of nitrogens with zero attached hydrogens (tertiary/aromatic N) is 2. The minimum absolute atomic E-state index is 0.0213. The van der Waals surface area contributed by atoms with Gasteiger partial charge < -0.3 is 10.8 Å². The van der Waals surface area contributed by atoms with Crippen LogP contribution < -0.4 is 11.1 Å². The van der Waals surface area contributed by atoms with E-state index < -0.39 is 5.91 Å². The second-order valence-electron chi connectivity index (χ2n) is 4.95. The number of guanidine groups is 1. The number of aromatic hydroxyl groups is 1. The Balaban J connectivity index is 2.06. The molecule has 0 heterocycles. The van der Waals surface area contributed by atoms with Gasteiger partial charge >= 0.3 is 0 Å². The fourth-order valence-electron chi connectivity index (χ4n) is 1.87. The number of nitrogens with two attached hydrogens (primary N) is 1. The van der Waals surface area contributed by atoms with Gasteiger partial charge in [0, 0.05) is 0 Å². The predicted molar refractivity (Wildman–Crippen MR) is 88.3 cm³/mol. The lowest BCUT2D eigenvalue weighted by atomic mass is 10.1. The quantitative estimate of drug-likeness (QED) is 0.462. The van der Waals surface area contributed by atoms with Crippen molar-refractivity contribution in [3.8, 4) is 5.75 Å². The summed E-state index contributed by atoms with van der Waals surface area (Å²) in [6.45, 7) is 9.26. The molecule has 4 N–H and O–H groups in total. The van der Waals surface area contributed by atoms with Gasteiger partial charge in [0.2, 0.25) is 0 Å². The van der Waals surface area contributed by atoms with Crippen LogP contribution in [0.5, 0.6) is 5.75 Å². The molecule has 6 nitrogen and oxygen atoms in total. The summed E-state index contributed by atoms with van der Waals surface area (Å²) in [5.74, 6) is -0.886. The zero-order valence-corrected chi connectivity index (χ0v) is 12.6. The summed E-state index contributed by atoms with van der Waals surface area (Å²) in [7, 11) is 0. The third-order valence-corrected chi connectivity index (χ3v) is 3.15. The predicted octanol–water partition coefficient (Wildman–Crippen LogP) is 2.50. The fourth-order valence-corrected chi connectivity index (χ4v) is 1.87. The first-order valence-corrected chi connectivity index (χ1v) is 6.87. The van der Waals surface area contributed by atoms with Crippen LogP contribution in [0, 0.1) is 13.5 Å². The molecule has 0 unspecified atom stereocenters. The number of amides is 1. The molecule has 0 fully saturated rings. The number of hydrogen-bond donors (Lipinski definition) is 3. The van der Waals surface area contributed by atoms with E-state index in [-0.39, 0.29) is 23.0 Å². The Kier molecular flexibility index (Phi) is 4.95. The van der Waals surface area contributed by atoms with E-state index in [0.717, 1.165) is 11.1 Å². The molecule has 0 bridgehead atoms. The molecule has 2 rings (SSSR count). The second-order valence-corrected chi connectivity index (χ2v) is 4.95. The molecule has 1 amide bonds. The van der Waals surface area contributed by atoms with Crippen molar-refractivity contribution in [1.82, 2.24) is 5.32 Å². The molecule has 0 atom stereocenters. The van der Waals surface area contributed by atoms with Gasteiger partial charge in [0.25, 0.3) is 5.91 Å². The van der Waals surface area contributed by atoms with E-state index in [9.17, 15) is 9.90 Å². The smallest absolute Gasteiger partial charge is 0.260 e. The van der Waals surface area contributed by atoms with Crippen molar-refractivity contribution < 1.29 is 9.90 Å². The van der Waals surface area contributed by atoms with Crippen LogP contribution >= 0.6 is 0 Å². The van der Waals surface area contributed by atoms with E-state index in [1.54, 1.807) is 0 Å². The summed E-state index contributed by atoms with van der Waals surface area (Å²) in [6.07, 6.45) is 0. The van der Waals surface area contributed by atoms with Crippen molar-refractivity contribution in [2.24, 2.45) is 10.7 Å². The van der Waals surface area contributed by atoms with Crippen molar-refractivity contribution in [1.29, 1.82) is 0 Å². The molecule has 116 valence electrons. The van der Waals surface area contributed by atoms with Gasteiger partial charge in [0.1, 0.15) is 5.75 Å². The van der Waals surface area contributed by atoms with Gasteiger partial charge in [0.05, 0.1) is 18.7 Å². The largest absolute Gasteiger partial charge is 0.507 e. The van der Waals surface area contributed by atoms with Crippen LogP contribution in [0.1, 0.15) is 21.5 Å². The SMILES string of the molecule is [C-]#[N+]c1ccc(O)c(C(=O)NC(N)=NCc2ccc(C)cc2)c1. The number of benzene rings is 2. The van der Waals surface area contributed by atoms with Crippen LogP contribution in [0.4, 0.5) is 5.69 Å². The molecule has 0 aliphatic heterocycles. The maximum absolute atomic E-state index is 12.1. The van der Waals surface area contributed by atoms with Crippen LogP contribution in [0.15, 0.2) is 47.5 Å². The van der Waals surface area contributed by atoms with Crippen molar-refractivity contribution in [2.45, 2.75) is 13.5 Å². The molecular weight excluding hydrogens is 292 g/mol. The minimum Gasteiger partial charge on any atom is -0.507 e. The topological polar surface area (TPSA) is 92.1 Å². The van der Waals surface area contributed by atoms with E-state index >= 15 is 0 Å². The number of aryl methyl sites for hydroxylation is 1. The highest BCUT2D eigenvalue weighted by atomic mass is 16.3. The zero-order chi connectivity index (χ0) is 16.8. The molecule has 6 heteroatoms. The van der Waals surface area contributed by atoms with E-state index in [1.165, 1.54) is 18.2 Å². The van der Waals surface area contributed by atoms with Gasteiger partial charge in [-0.3, -0.25) is 10.1 Å². The number of nitrogens with one attached hydrogen (secondary N) is 1. The first kappa shape index (κ1) is 16.0. The molecule has 0 saturated heterocycles. The molecule has 0 spiro atoms. The molecular formula is C17H16N4O2. The summed E-state index contributed by atoms with van der Waals surface area (Å²) in [4.78, 5) is 19.4. The van der Waals surface area contributed by atoms with E-state index in [2.05, 4.69) is 15.2 Å². The molecule has 0 aliphatic rings. The Bertz CT molecular complexity index is 789. The van der Waals surface area contributed by atoms with Crippen LogP contribution in [0.3, 0.4) is 0 Å². The average molecular weight is 308 g/mol. The summed E-state index contributed by atoms with van der Waals surface area (Å²) in [6, 6.07) is 11.8. The van der Waals surface area contributed by atoms with E-state index in [1.807, 2.05) is 31.2 Å². The van der Waals surface area contributed by atoms with Gasteiger partial charge in [0.15, 0.2) is 11.6 Å². The molecule has 0 radical (unpaired) electrons. The van der Waals surface area contributed by atoms with Gasteiger partial charge in [-0.05, 0) is 24.6 Å². The molecule has 2 aromatic carbocycles. The highest BCUT2D eigenvalue weighted by Gasteiger charge is 2.12. The third kappa shape index (κ3) is 4.32.